The fraction of sp³-hybridized carbons (Fsp3) is 0.636. The minimum atomic E-state index is -3.10. The molecule has 0 radical (unpaired) electrons. The lowest BCUT2D eigenvalue weighted by atomic mass is 10.4. The molecule has 0 amide bonds. The van der Waals surface area contributed by atoms with Gasteiger partial charge in [-0.1, -0.05) is 11.8 Å². The Bertz CT molecular complexity index is 535. The normalized spacial score (nSPS) is 18.3. The van der Waals surface area contributed by atoms with E-state index in [-0.39, 0.29) is 0 Å². The third-order valence-corrected chi connectivity index (χ3v) is 4.91. The quantitative estimate of drug-likeness (QED) is 0.604. The van der Waals surface area contributed by atoms with Gasteiger partial charge in [-0.3, -0.25) is 0 Å². The van der Waals surface area contributed by atoms with Crippen molar-refractivity contribution in [2.45, 2.75) is 11.6 Å². The molecule has 6 nitrogen and oxygen atoms in total. The minimum Gasteiger partial charge on any atom is -0.355 e. The highest BCUT2D eigenvalue weighted by Gasteiger charge is 2.21. The molecular formula is C11H18N4O2S2. The molecule has 106 valence electrons. The van der Waals surface area contributed by atoms with Crippen LogP contribution in [-0.2, 0) is 10.0 Å². The molecule has 2 rings (SSSR count). The molecule has 0 spiro atoms. The molecular weight excluding hydrogens is 284 g/mol. The van der Waals surface area contributed by atoms with Gasteiger partial charge < -0.3 is 4.90 Å². The molecule has 0 aromatic carbocycles. The van der Waals surface area contributed by atoms with Gasteiger partial charge in [0.05, 0.1) is 6.26 Å². The SMILES string of the molecule is CSc1nccc(N2CCCN(S(C)(=O)=O)CC2)n1. The van der Waals surface area contributed by atoms with E-state index in [1.807, 2.05) is 12.3 Å². The molecule has 1 fully saturated rings. The van der Waals surface area contributed by atoms with Crippen molar-refractivity contribution in [3.05, 3.63) is 12.3 Å². The van der Waals surface area contributed by atoms with E-state index < -0.39 is 10.0 Å². The minimum absolute atomic E-state index is 0.511. The third-order valence-electron chi connectivity index (χ3n) is 3.05. The molecule has 1 aromatic rings. The summed E-state index contributed by atoms with van der Waals surface area (Å²) >= 11 is 1.50. The highest BCUT2D eigenvalue weighted by molar-refractivity contribution is 7.98. The number of hydrogen-bond donors (Lipinski definition) is 0. The first-order chi connectivity index (χ1) is 9.00. The van der Waals surface area contributed by atoms with Crippen molar-refractivity contribution >= 4 is 27.6 Å². The van der Waals surface area contributed by atoms with Gasteiger partial charge in [0.1, 0.15) is 5.82 Å². The molecule has 1 aliphatic heterocycles. The van der Waals surface area contributed by atoms with Gasteiger partial charge in [-0.2, -0.15) is 0 Å². The van der Waals surface area contributed by atoms with Gasteiger partial charge in [0.25, 0.3) is 0 Å². The second-order valence-corrected chi connectivity index (χ2v) is 7.16. The van der Waals surface area contributed by atoms with Gasteiger partial charge in [0.15, 0.2) is 5.16 Å². The van der Waals surface area contributed by atoms with Crippen LogP contribution >= 0.6 is 11.8 Å². The number of hydrogen-bond acceptors (Lipinski definition) is 6. The molecule has 19 heavy (non-hydrogen) atoms. The molecule has 0 atom stereocenters. The maximum absolute atomic E-state index is 11.6. The van der Waals surface area contributed by atoms with E-state index in [2.05, 4.69) is 14.9 Å². The van der Waals surface area contributed by atoms with Gasteiger partial charge in [-0.15, -0.1) is 0 Å². The number of aromatic nitrogens is 2. The molecule has 1 saturated heterocycles. The maximum Gasteiger partial charge on any atom is 0.211 e. The van der Waals surface area contributed by atoms with E-state index in [0.717, 1.165) is 23.9 Å². The molecule has 8 heteroatoms. The Morgan fingerprint density at radius 1 is 1.26 bits per heavy atom. The van der Waals surface area contributed by atoms with Gasteiger partial charge in [0.2, 0.25) is 10.0 Å². The monoisotopic (exact) mass is 302 g/mol. The van der Waals surface area contributed by atoms with Gasteiger partial charge >= 0.3 is 0 Å². The summed E-state index contributed by atoms with van der Waals surface area (Å²) in [6, 6.07) is 1.87. The Balaban J connectivity index is 2.10. The topological polar surface area (TPSA) is 66.4 Å². The second kappa shape index (κ2) is 6.06. The van der Waals surface area contributed by atoms with Crippen molar-refractivity contribution in [1.29, 1.82) is 0 Å². The lowest BCUT2D eigenvalue weighted by Crippen LogP contribution is -2.34. The zero-order valence-corrected chi connectivity index (χ0v) is 12.7. The van der Waals surface area contributed by atoms with E-state index in [9.17, 15) is 8.42 Å². The van der Waals surface area contributed by atoms with Gasteiger partial charge in [-0.05, 0) is 18.7 Å². The number of rotatable bonds is 3. The van der Waals surface area contributed by atoms with Crippen LogP contribution in [-0.4, -0.2) is 61.4 Å². The number of anilines is 1. The van der Waals surface area contributed by atoms with E-state index in [0.29, 0.717) is 19.6 Å². The van der Waals surface area contributed by atoms with Crippen LogP contribution < -0.4 is 4.90 Å². The van der Waals surface area contributed by atoms with Crippen LogP contribution in [0, 0.1) is 0 Å². The van der Waals surface area contributed by atoms with E-state index >= 15 is 0 Å². The van der Waals surface area contributed by atoms with Crippen molar-refractivity contribution in [3.8, 4) is 0 Å². The summed E-state index contributed by atoms with van der Waals surface area (Å²) in [6.45, 7) is 2.57. The van der Waals surface area contributed by atoms with Crippen LogP contribution in [0.1, 0.15) is 6.42 Å². The van der Waals surface area contributed by atoms with Crippen molar-refractivity contribution < 1.29 is 8.42 Å². The van der Waals surface area contributed by atoms with E-state index in [1.54, 1.807) is 6.20 Å². The lowest BCUT2D eigenvalue weighted by molar-refractivity contribution is 0.437. The summed E-state index contributed by atoms with van der Waals surface area (Å²) in [6.07, 6.45) is 5.76. The number of sulfonamides is 1. The smallest absolute Gasteiger partial charge is 0.211 e. The third kappa shape index (κ3) is 3.80. The Morgan fingerprint density at radius 2 is 2.05 bits per heavy atom. The number of nitrogens with zero attached hydrogens (tertiary/aromatic N) is 4. The van der Waals surface area contributed by atoms with Crippen LogP contribution in [0.3, 0.4) is 0 Å². The van der Waals surface area contributed by atoms with E-state index in [1.165, 1.54) is 22.3 Å². The highest BCUT2D eigenvalue weighted by Crippen LogP contribution is 2.17. The zero-order valence-electron chi connectivity index (χ0n) is 11.1. The Labute approximate surface area is 118 Å². The predicted octanol–water partition coefficient (Wildman–Crippen LogP) is 0.670. The average Bonchev–Trinajstić information content (AvgIpc) is 2.64. The molecule has 0 bridgehead atoms. The van der Waals surface area contributed by atoms with Crippen LogP contribution in [0.15, 0.2) is 17.4 Å². The first-order valence-electron chi connectivity index (χ1n) is 6.08. The molecule has 0 N–H and O–H groups in total. The summed E-state index contributed by atoms with van der Waals surface area (Å²) in [5.41, 5.74) is 0. The summed E-state index contributed by atoms with van der Waals surface area (Å²) in [5, 5.41) is 0.738. The van der Waals surface area contributed by atoms with Crippen molar-refractivity contribution in [1.82, 2.24) is 14.3 Å². The molecule has 1 aromatic heterocycles. The van der Waals surface area contributed by atoms with Crippen molar-refractivity contribution in [3.63, 3.8) is 0 Å². The summed E-state index contributed by atoms with van der Waals surface area (Å²) in [5.74, 6) is 0.870. The fourth-order valence-electron chi connectivity index (χ4n) is 2.06. The van der Waals surface area contributed by atoms with Gasteiger partial charge in [0, 0.05) is 32.4 Å². The molecule has 2 heterocycles. The second-order valence-electron chi connectivity index (χ2n) is 4.40. The zero-order chi connectivity index (χ0) is 13.9. The standard InChI is InChI=1S/C11H18N4O2S2/c1-18-11-12-5-4-10(13-11)14-6-3-7-15(9-8-14)19(2,16)17/h4-5H,3,6-9H2,1-2H3. The average molecular weight is 302 g/mol. The van der Waals surface area contributed by atoms with Crippen LogP contribution in [0.4, 0.5) is 5.82 Å². The molecule has 0 unspecified atom stereocenters. The van der Waals surface area contributed by atoms with E-state index in [4.69, 9.17) is 0 Å². The van der Waals surface area contributed by atoms with Crippen molar-refractivity contribution in [2.75, 3.05) is 43.6 Å². The summed E-state index contributed by atoms with van der Waals surface area (Å²) in [4.78, 5) is 10.7. The fourth-order valence-corrected chi connectivity index (χ4v) is 3.29. The Morgan fingerprint density at radius 3 is 2.74 bits per heavy atom. The number of thioether (sulfide) groups is 1. The van der Waals surface area contributed by atoms with Crippen LogP contribution in [0.2, 0.25) is 0 Å². The Kier molecular flexibility index (Phi) is 4.64. The van der Waals surface area contributed by atoms with Gasteiger partial charge in [-0.25, -0.2) is 22.7 Å². The molecule has 0 aliphatic carbocycles. The van der Waals surface area contributed by atoms with Crippen LogP contribution in [0.5, 0.6) is 0 Å². The predicted molar refractivity (Wildman–Crippen MR) is 77.1 cm³/mol. The lowest BCUT2D eigenvalue weighted by Gasteiger charge is -2.21. The summed E-state index contributed by atoms with van der Waals surface area (Å²) in [7, 11) is -3.10. The Hall–Kier alpha value is -0.860. The molecule has 0 saturated carbocycles. The van der Waals surface area contributed by atoms with Crippen LogP contribution in [0.25, 0.3) is 0 Å². The van der Waals surface area contributed by atoms with Crippen molar-refractivity contribution in [2.24, 2.45) is 0 Å². The maximum atomic E-state index is 11.6. The largest absolute Gasteiger partial charge is 0.355 e. The molecule has 1 aliphatic rings. The first kappa shape index (κ1) is 14.5. The highest BCUT2D eigenvalue weighted by atomic mass is 32.2. The summed E-state index contributed by atoms with van der Waals surface area (Å²) < 4.78 is 24.7. The first-order valence-corrected chi connectivity index (χ1v) is 9.15.